The van der Waals surface area contributed by atoms with Gasteiger partial charge in [0.2, 0.25) is 5.91 Å². The summed E-state index contributed by atoms with van der Waals surface area (Å²) in [6.07, 6.45) is 9.97. The van der Waals surface area contributed by atoms with E-state index in [1.165, 1.54) is 31.2 Å². The molecule has 0 spiro atoms. The Morgan fingerprint density at radius 3 is 2.43 bits per heavy atom. The van der Waals surface area contributed by atoms with Crippen LogP contribution in [-0.4, -0.2) is 15.7 Å². The number of nitrogens with one attached hydrogen (secondary N) is 1. The summed E-state index contributed by atoms with van der Waals surface area (Å²) in [5, 5.41) is 7.74. The van der Waals surface area contributed by atoms with Gasteiger partial charge < -0.3 is 5.32 Å². The standard InChI is InChI=1S/C24H27N3O/c28-23(16-15-19-17-25-27(18-19)22-13-5-2-6-14-22)26-24(21-11-7-8-12-21)20-9-3-1-4-10-20/h1-6,9-10,13-14,17-18,21,24H,7-8,11-12,15-16H2,(H,26,28). The fourth-order valence-corrected chi connectivity index (χ4v) is 4.14. The number of carbonyl (C=O) groups excluding carboxylic acids is 1. The normalized spacial score (nSPS) is 15.4. The Labute approximate surface area is 166 Å². The van der Waals surface area contributed by atoms with Crippen molar-refractivity contribution in [1.29, 1.82) is 0 Å². The summed E-state index contributed by atoms with van der Waals surface area (Å²) in [4.78, 5) is 12.7. The number of aryl methyl sites for hydroxylation is 1. The number of carbonyl (C=O) groups is 1. The second kappa shape index (κ2) is 8.87. The van der Waals surface area contributed by atoms with Gasteiger partial charge in [0.25, 0.3) is 0 Å². The summed E-state index contributed by atoms with van der Waals surface area (Å²) in [7, 11) is 0. The molecule has 4 rings (SSSR count). The SMILES string of the molecule is O=C(CCc1cnn(-c2ccccc2)c1)NC(c1ccccc1)C1CCCC1. The molecule has 1 fully saturated rings. The van der Waals surface area contributed by atoms with Crippen molar-refractivity contribution in [2.24, 2.45) is 5.92 Å². The average Bonchev–Trinajstić information content (AvgIpc) is 3.44. The van der Waals surface area contributed by atoms with Crippen LogP contribution < -0.4 is 5.32 Å². The van der Waals surface area contributed by atoms with Gasteiger partial charge in [0, 0.05) is 12.6 Å². The lowest BCUT2D eigenvalue weighted by Gasteiger charge is -2.25. The topological polar surface area (TPSA) is 46.9 Å². The van der Waals surface area contributed by atoms with Gasteiger partial charge in [-0.05, 0) is 48.4 Å². The number of aromatic nitrogens is 2. The fraction of sp³-hybridized carbons (Fsp3) is 0.333. The average molecular weight is 374 g/mol. The van der Waals surface area contributed by atoms with Crippen LogP contribution in [0.2, 0.25) is 0 Å². The van der Waals surface area contributed by atoms with E-state index >= 15 is 0 Å². The molecule has 1 heterocycles. The third-order valence-corrected chi connectivity index (χ3v) is 5.64. The van der Waals surface area contributed by atoms with Gasteiger partial charge in [0.05, 0.1) is 17.9 Å². The molecule has 1 unspecified atom stereocenters. The molecule has 2 aromatic carbocycles. The van der Waals surface area contributed by atoms with Crippen molar-refractivity contribution in [1.82, 2.24) is 15.1 Å². The van der Waals surface area contributed by atoms with Gasteiger partial charge in [0.15, 0.2) is 0 Å². The van der Waals surface area contributed by atoms with E-state index in [0.29, 0.717) is 18.8 Å². The Balaban J connectivity index is 1.37. The van der Waals surface area contributed by atoms with Crippen molar-refractivity contribution in [3.05, 3.63) is 84.2 Å². The molecule has 1 N–H and O–H groups in total. The number of hydrogen-bond donors (Lipinski definition) is 1. The van der Waals surface area contributed by atoms with Gasteiger partial charge in [-0.25, -0.2) is 4.68 Å². The van der Waals surface area contributed by atoms with Crippen molar-refractivity contribution >= 4 is 5.91 Å². The first-order valence-corrected chi connectivity index (χ1v) is 10.2. The molecule has 0 radical (unpaired) electrons. The van der Waals surface area contributed by atoms with Crippen molar-refractivity contribution < 1.29 is 4.79 Å². The van der Waals surface area contributed by atoms with Crippen LogP contribution in [0.25, 0.3) is 5.69 Å². The summed E-state index contributed by atoms with van der Waals surface area (Å²) < 4.78 is 1.86. The molecule has 1 saturated carbocycles. The Bertz CT molecular complexity index is 882. The number of hydrogen-bond acceptors (Lipinski definition) is 2. The third kappa shape index (κ3) is 4.50. The van der Waals surface area contributed by atoms with Crippen LogP contribution in [-0.2, 0) is 11.2 Å². The highest BCUT2D eigenvalue weighted by atomic mass is 16.1. The van der Waals surface area contributed by atoms with Crippen LogP contribution in [0.15, 0.2) is 73.1 Å². The molecule has 1 amide bonds. The van der Waals surface area contributed by atoms with Crippen molar-refractivity contribution in [3.8, 4) is 5.69 Å². The highest BCUT2D eigenvalue weighted by molar-refractivity contribution is 5.76. The van der Waals surface area contributed by atoms with E-state index in [4.69, 9.17) is 0 Å². The van der Waals surface area contributed by atoms with Crippen LogP contribution in [0.5, 0.6) is 0 Å². The summed E-state index contributed by atoms with van der Waals surface area (Å²) in [5.74, 6) is 0.667. The van der Waals surface area contributed by atoms with Crippen molar-refractivity contribution in [2.75, 3.05) is 0 Å². The first kappa shape index (κ1) is 18.5. The van der Waals surface area contributed by atoms with E-state index < -0.39 is 0 Å². The van der Waals surface area contributed by atoms with Crippen LogP contribution >= 0.6 is 0 Å². The summed E-state index contributed by atoms with van der Waals surface area (Å²) in [5.41, 5.74) is 3.33. The van der Waals surface area contributed by atoms with E-state index in [9.17, 15) is 4.79 Å². The van der Waals surface area contributed by atoms with Gasteiger partial charge >= 0.3 is 0 Å². The van der Waals surface area contributed by atoms with Crippen LogP contribution in [0.3, 0.4) is 0 Å². The molecule has 1 aliphatic carbocycles. The van der Waals surface area contributed by atoms with E-state index in [1.54, 1.807) is 0 Å². The molecule has 0 bridgehead atoms. The molecule has 1 atom stereocenters. The van der Waals surface area contributed by atoms with Gasteiger partial charge in [-0.3, -0.25) is 4.79 Å². The summed E-state index contributed by atoms with van der Waals surface area (Å²) in [6, 6.07) is 20.6. The number of nitrogens with zero attached hydrogens (tertiary/aromatic N) is 2. The molecule has 4 nitrogen and oxygen atoms in total. The van der Waals surface area contributed by atoms with Crippen LogP contribution in [0.4, 0.5) is 0 Å². The number of amides is 1. The summed E-state index contributed by atoms with van der Waals surface area (Å²) >= 11 is 0. The molecular formula is C24H27N3O. The molecule has 0 saturated heterocycles. The zero-order chi connectivity index (χ0) is 19.2. The van der Waals surface area contributed by atoms with Crippen molar-refractivity contribution in [2.45, 2.75) is 44.6 Å². The maximum Gasteiger partial charge on any atom is 0.220 e. The fourth-order valence-electron chi connectivity index (χ4n) is 4.14. The summed E-state index contributed by atoms with van der Waals surface area (Å²) in [6.45, 7) is 0. The molecule has 3 aromatic rings. The van der Waals surface area contributed by atoms with Gasteiger partial charge in [0.1, 0.15) is 0 Å². The first-order valence-electron chi connectivity index (χ1n) is 10.2. The lowest BCUT2D eigenvalue weighted by Crippen LogP contribution is -2.32. The highest BCUT2D eigenvalue weighted by Gasteiger charge is 2.27. The number of para-hydroxylation sites is 1. The third-order valence-electron chi connectivity index (χ3n) is 5.64. The van der Waals surface area contributed by atoms with E-state index in [1.807, 2.05) is 53.5 Å². The van der Waals surface area contributed by atoms with E-state index in [2.05, 4.69) is 34.7 Å². The van der Waals surface area contributed by atoms with Crippen LogP contribution in [0, 0.1) is 5.92 Å². The van der Waals surface area contributed by atoms with Gasteiger partial charge in [-0.2, -0.15) is 5.10 Å². The number of benzene rings is 2. The molecule has 0 aliphatic heterocycles. The van der Waals surface area contributed by atoms with E-state index in [-0.39, 0.29) is 11.9 Å². The molecule has 28 heavy (non-hydrogen) atoms. The van der Waals surface area contributed by atoms with Gasteiger partial charge in [-0.15, -0.1) is 0 Å². The lowest BCUT2D eigenvalue weighted by atomic mass is 9.91. The molecule has 1 aliphatic rings. The lowest BCUT2D eigenvalue weighted by molar-refractivity contribution is -0.122. The largest absolute Gasteiger partial charge is 0.349 e. The Morgan fingerprint density at radius 1 is 1.04 bits per heavy atom. The minimum absolute atomic E-state index is 0.119. The van der Waals surface area contributed by atoms with E-state index in [0.717, 1.165) is 11.3 Å². The Morgan fingerprint density at radius 2 is 1.71 bits per heavy atom. The zero-order valence-electron chi connectivity index (χ0n) is 16.1. The monoisotopic (exact) mass is 373 g/mol. The van der Waals surface area contributed by atoms with Crippen LogP contribution in [0.1, 0.15) is 49.3 Å². The first-order chi connectivity index (χ1) is 13.8. The second-order valence-corrected chi connectivity index (χ2v) is 7.63. The van der Waals surface area contributed by atoms with Gasteiger partial charge in [-0.1, -0.05) is 61.4 Å². The molecule has 1 aromatic heterocycles. The minimum atomic E-state index is 0.119. The molecule has 144 valence electrons. The maximum atomic E-state index is 12.7. The second-order valence-electron chi connectivity index (χ2n) is 7.63. The predicted octanol–water partition coefficient (Wildman–Crippen LogP) is 4.85. The van der Waals surface area contributed by atoms with Crippen molar-refractivity contribution in [3.63, 3.8) is 0 Å². The molecular weight excluding hydrogens is 346 g/mol. The maximum absolute atomic E-state index is 12.7. The number of rotatable bonds is 7. The zero-order valence-corrected chi connectivity index (χ0v) is 16.1. The Kier molecular flexibility index (Phi) is 5.86. The molecule has 4 heteroatoms. The highest BCUT2D eigenvalue weighted by Crippen LogP contribution is 2.35. The quantitative estimate of drug-likeness (QED) is 0.643. The minimum Gasteiger partial charge on any atom is -0.349 e. The Hall–Kier alpha value is -2.88. The predicted molar refractivity (Wildman–Crippen MR) is 111 cm³/mol. The smallest absolute Gasteiger partial charge is 0.220 e.